The van der Waals surface area contributed by atoms with E-state index < -0.39 is 0 Å². The standard InChI is InChI=1S/C10H21NS/c1-8(11-9-5-6-9)7-12-10(2,3)4/h8-9,11H,5-7H2,1-4H3. The zero-order chi connectivity index (χ0) is 9.19. The molecule has 1 N–H and O–H groups in total. The molecule has 1 nitrogen and oxygen atoms in total. The molecular weight excluding hydrogens is 166 g/mol. The van der Waals surface area contributed by atoms with Crippen molar-refractivity contribution in [1.29, 1.82) is 0 Å². The van der Waals surface area contributed by atoms with E-state index in [0.717, 1.165) is 6.04 Å². The van der Waals surface area contributed by atoms with E-state index in [2.05, 4.69) is 33.0 Å². The molecule has 1 fully saturated rings. The normalized spacial score (nSPS) is 21.0. The molecule has 0 aromatic heterocycles. The van der Waals surface area contributed by atoms with Crippen LogP contribution in [0.1, 0.15) is 40.5 Å². The Kier molecular flexibility index (Phi) is 3.47. The molecular formula is C10H21NS. The van der Waals surface area contributed by atoms with Crippen LogP contribution < -0.4 is 5.32 Å². The molecule has 0 bridgehead atoms. The van der Waals surface area contributed by atoms with Crippen molar-refractivity contribution in [1.82, 2.24) is 5.32 Å². The van der Waals surface area contributed by atoms with Gasteiger partial charge < -0.3 is 5.32 Å². The Labute approximate surface area is 80.7 Å². The molecule has 1 rings (SSSR count). The highest BCUT2D eigenvalue weighted by atomic mass is 32.2. The molecule has 0 aromatic rings. The quantitative estimate of drug-likeness (QED) is 0.726. The Morgan fingerprint density at radius 1 is 1.42 bits per heavy atom. The summed E-state index contributed by atoms with van der Waals surface area (Å²) in [5.41, 5.74) is 0. The molecule has 0 aliphatic heterocycles. The predicted molar refractivity (Wildman–Crippen MR) is 57.8 cm³/mol. The minimum absolute atomic E-state index is 0.416. The largest absolute Gasteiger partial charge is 0.311 e. The summed E-state index contributed by atoms with van der Waals surface area (Å²) >= 11 is 2.05. The average Bonchev–Trinajstić information content (AvgIpc) is 2.66. The van der Waals surface area contributed by atoms with Crippen LogP contribution in [-0.2, 0) is 0 Å². The third-order valence-electron chi connectivity index (χ3n) is 1.86. The number of rotatable bonds is 4. The van der Waals surface area contributed by atoms with Crippen molar-refractivity contribution >= 4 is 11.8 Å². The first kappa shape index (κ1) is 10.4. The van der Waals surface area contributed by atoms with E-state index in [1.54, 1.807) is 0 Å². The molecule has 1 aliphatic carbocycles. The van der Waals surface area contributed by atoms with Gasteiger partial charge in [0.2, 0.25) is 0 Å². The average molecular weight is 187 g/mol. The van der Waals surface area contributed by atoms with Gasteiger partial charge in [-0.05, 0) is 19.8 Å². The summed E-state index contributed by atoms with van der Waals surface area (Å²) < 4.78 is 0.416. The maximum absolute atomic E-state index is 3.61. The fourth-order valence-electron chi connectivity index (χ4n) is 1.08. The van der Waals surface area contributed by atoms with Gasteiger partial charge in [0.15, 0.2) is 0 Å². The second-order valence-corrected chi connectivity index (χ2v) is 6.61. The van der Waals surface area contributed by atoms with Crippen LogP contribution in [0.4, 0.5) is 0 Å². The smallest absolute Gasteiger partial charge is 0.0132 e. The fourth-order valence-corrected chi connectivity index (χ4v) is 1.92. The van der Waals surface area contributed by atoms with Gasteiger partial charge in [-0.3, -0.25) is 0 Å². The Hall–Kier alpha value is 0.310. The lowest BCUT2D eigenvalue weighted by Gasteiger charge is -2.21. The van der Waals surface area contributed by atoms with Crippen molar-refractivity contribution in [2.24, 2.45) is 0 Å². The third kappa shape index (κ3) is 5.04. The lowest BCUT2D eigenvalue weighted by molar-refractivity contribution is 0.590. The molecule has 0 spiro atoms. The van der Waals surface area contributed by atoms with Crippen molar-refractivity contribution < 1.29 is 0 Å². The van der Waals surface area contributed by atoms with Crippen molar-refractivity contribution in [3.63, 3.8) is 0 Å². The summed E-state index contributed by atoms with van der Waals surface area (Å²) in [5, 5.41) is 3.61. The molecule has 0 heterocycles. The van der Waals surface area contributed by atoms with E-state index in [1.165, 1.54) is 18.6 Å². The van der Waals surface area contributed by atoms with Gasteiger partial charge in [-0.1, -0.05) is 20.8 Å². The van der Waals surface area contributed by atoms with Gasteiger partial charge in [-0.15, -0.1) is 0 Å². The molecule has 72 valence electrons. The van der Waals surface area contributed by atoms with Gasteiger partial charge in [-0.25, -0.2) is 0 Å². The van der Waals surface area contributed by atoms with Gasteiger partial charge in [0.1, 0.15) is 0 Å². The van der Waals surface area contributed by atoms with Gasteiger partial charge >= 0.3 is 0 Å². The molecule has 2 heteroatoms. The zero-order valence-electron chi connectivity index (χ0n) is 8.68. The summed E-state index contributed by atoms with van der Waals surface area (Å²) in [6.07, 6.45) is 2.79. The molecule has 1 unspecified atom stereocenters. The maximum Gasteiger partial charge on any atom is 0.0132 e. The van der Waals surface area contributed by atoms with E-state index in [1.807, 2.05) is 11.8 Å². The first-order valence-electron chi connectivity index (χ1n) is 4.87. The maximum atomic E-state index is 3.61. The third-order valence-corrected chi connectivity index (χ3v) is 3.40. The van der Waals surface area contributed by atoms with E-state index >= 15 is 0 Å². The van der Waals surface area contributed by atoms with Gasteiger partial charge in [-0.2, -0.15) is 11.8 Å². The van der Waals surface area contributed by atoms with Crippen molar-refractivity contribution in [2.45, 2.75) is 57.4 Å². The number of nitrogens with one attached hydrogen (secondary N) is 1. The van der Waals surface area contributed by atoms with Gasteiger partial charge in [0, 0.05) is 22.6 Å². The monoisotopic (exact) mass is 187 g/mol. The van der Waals surface area contributed by atoms with E-state index in [4.69, 9.17) is 0 Å². The van der Waals surface area contributed by atoms with Crippen LogP contribution in [0.25, 0.3) is 0 Å². The second-order valence-electron chi connectivity index (χ2n) is 4.77. The van der Waals surface area contributed by atoms with Crippen LogP contribution in [0.2, 0.25) is 0 Å². The van der Waals surface area contributed by atoms with Crippen LogP contribution in [-0.4, -0.2) is 22.6 Å². The molecule has 0 aromatic carbocycles. The highest BCUT2D eigenvalue weighted by Crippen LogP contribution is 2.25. The van der Waals surface area contributed by atoms with Crippen LogP contribution in [0, 0.1) is 0 Å². The molecule has 1 saturated carbocycles. The van der Waals surface area contributed by atoms with Gasteiger partial charge in [0.25, 0.3) is 0 Å². The zero-order valence-corrected chi connectivity index (χ0v) is 9.50. The van der Waals surface area contributed by atoms with Crippen molar-refractivity contribution in [2.75, 3.05) is 5.75 Å². The summed E-state index contributed by atoms with van der Waals surface area (Å²) in [6.45, 7) is 9.13. The minimum atomic E-state index is 0.416. The number of hydrogen-bond acceptors (Lipinski definition) is 2. The number of thioether (sulfide) groups is 1. The minimum Gasteiger partial charge on any atom is -0.311 e. The summed E-state index contributed by atoms with van der Waals surface area (Å²) in [5.74, 6) is 1.24. The molecule has 0 radical (unpaired) electrons. The second kappa shape index (κ2) is 4.01. The lowest BCUT2D eigenvalue weighted by Crippen LogP contribution is -2.31. The van der Waals surface area contributed by atoms with Gasteiger partial charge in [0.05, 0.1) is 0 Å². The Morgan fingerprint density at radius 2 is 2.00 bits per heavy atom. The first-order valence-corrected chi connectivity index (χ1v) is 5.86. The van der Waals surface area contributed by atoms with Crippen LogP contribution >= 0.6 is 11.8 Å². The lowest BCUT2D eigenvalue weighted by atomic mass is 10.3. The Bertz CT molecular complexity index is 135. The predicted octanol–water partition coefficient (Wildman–Crippen LogP) is 2.66. The molecule has 12 heavy (non-hydrogen) atoms. The van der Waals surface area contributed by atoms with Crippen molar-refractivity contribution in [3.05, 3.63) is 0 Å². The molecule has 0 saturated heterocycles. The van der Waals surface area contributed by atoms with E-state index in [0.29, 0.717) is 10.8 Å². The summed E-state index contributed by atoms with van der Waals surface area (Å²) in [4.78, 5) is 0. The molecule has 1 aliphatic rings. The Balaban J connectivity index is 2.04. The molecule has 1 atom stereocenters. The van der Waals surface area contributed by atoms with Crippen LogP contribution in [0.15, 0.2) is 0 Å². The SMILES string of the molecule is CC(CSC(C)(C)C)NC1CC1. The number of hydrogen-bond donors (Lipinski definition) is 1. The fraction of sp³-hybridized carbons (Fsp3) is 1.00. The van der Waals surface area contributed by atoms with Crippen LogP contribution in [0.5, 0.6) is 0 Å². The Morgan fingerprint density at radius 3 is 2.42 bits per heavy atom. The topological polar surface area (TPSA) is 12.0 Å². The highest BCUT2D eigenvalue weighted by Gasteiger charge is 2.23. The van der Waals surface area contributed by atoms with Crippen molar-refractivity contribution in [3.8, 4) is 0 Å². The van der Waals surface area contributed by atoms with Crippen LogP contribution in [0.3, 0.4) is 0 Å². The molecule has 0 amide bonds. The summed E-state index contributed by atoms with van der Waals surface area (Å²) in [7, 11) is 0. The first-order chi connectivity index (χ1) is 5.47. The highest BCUT2D eigenvalue weighted by molar-refractivity contribution is 8.00. The van der Waals surface area contributed by atoms with E-state index in [-0.39, 0.29) is 0 Å². The van der Waals surface area contributed by atoms with E-state index in [9.17, 15) is 0 Å². The summed E-state index contributed by atoms with van der Waals surface area (Å²) in [6, 6.07) is 1.53.